The third-order valence-electron chi connectivity index (χ3n) is 7.19. The van der Waals surface area contributed by atoms with Gasteiger partial charge in [-0.15, -0.1) is 0 Å². The minimum atomic E-state index is -0.903. The summed E-state index contributed by atoms with van der Waals surface area (Å²) in [6, 6.07) is 0. The normalized spacial score (nSPS) is 12.1. The molecule has 0 aromatic heterocycles. The monoisotopic (exact) mass is 520 g/mol. The van der Waals surface area contributed by atoms with E-state index in [1.54, 1.807) is 0 Å². The Balaban J connectivity index is 3.36. The molecule has 0 aliphatic carbocycles. The van der Waals surface area contributed by atoms with Crippen LogP contribution in [-0.2, 0) is 14.3 Å². The van der Waals surface area contributed by atoms with Gasteiger partial charge in [0.15, 0.2) is 0 Å². The summed E-state index contributed by atoms with van der Waals surface area (Å²) in [4.78, 5) is 23.0. The number of rotatable bonds is 29. The topological polar surface area (TPSA) is 63.6 Å². The van der Waals surface area contributed by atoms with Gasteiger partial charge in [-0.25, -0.2) is 0 Å². The average Bonchev–Trinajstić information content (AvgIpc) is 2.89. The van der Waals surface area contributed by atoms with Crippen LogP contribution in [0.15, 0.2) is 24.8 Å². The molecule has 0 saturated carbocycles. The van der Waals surface area contributed by atoms with Gasteiger partial charge in [-0.1, -0.05) is 147 Å². The molecule has 0 fully saturated rings. The third-order valence-corrected chi connectivity index (χ3v) is 7.19. The molecule has 0 aliphatic rings. The summed E-state index contributed by atoms with van der Waals surface area (Å²) in [6.45, 7) is 5.91. The van der Waals surface area contributed by atoms with E-state index >= 15 is 0 Å². The van der Waals surface area contributed by atoms with Crippen molar-refractivity contribution < 1.29 is 19.4 Å². The SMILES string of the molecule is C=CCOC(=O)CC(CCCCCCCCCCC/C=C/CCCCCCCCCCCCC)C(=O)O. The van der Waals surface area contributed by atoms with E-state index in [9.17, 15) is 14.7 Å². The van der Waals surface area contributed by atoms with Crippen LogP contribution in [0, 0.1) is 5.92 Å². The lowest BCUT2D eigenvalue weighted by atomic mass is 9.97. The fourth-order valence-corrected chi connectivity index (χ4v) is 4.78. The fraction of sp³-hybridized carbons (Fsp3) is 0.818. The maximum Gasteiger partial charge on any atom is 0.307 e. The molecule has 0 aromatic rings. The lowest BCUT2D eigenvalue weighted by Crippen LogP contribution is -2.19. The van der Waals surface area contributed by atoms with Crippen molar-refractivity contribution in [3.05, 3.63) is 24.8 Å². The first-order valence-electron chi connectivity index (χ1n) is 15.8. The van der Waals surface area contributed by atoms with Crippen molar-refractivity contribution in [2.75, 3.05) is 6.61 Å². The second-order valence-corrected chi connectivity index (χ2v) is 10.8. The Labute approximate surface area is 229 Å². The van der Waals surface area contributed by atoms with E-state index in [1.165, 1.54) is 128 Å². The molecule has 1 atom stereocenters. The van der Waals surface area contributed by atoms with E-state index in [-0.39, 0.29) is 13.0 Å². The Kier molecular flexibility index (Phi) is 27.7. The summed E-state index contributed by atoms with van der Waals surface area (Å²) in [5.41, 5.74) is 0. The molecular weight excluding hydrogens is 460 g/mol. The Morgan fingerprint density at radius 1 is 0.676 bits per heavy atom. The molecule has 4 nitrogen and oxygen atoms in total. The molecule has 0 aliphatic heterocycles. The fourth-order valence-electron chi connectivity index (χ4n) is 4.78. The highest BCUT2D eigenvalue weighted by molar-refractivity contribution is 5.78. The van der Waals surface area contributed by atoms with Gasteiger partial charge in [-0.2, -0.15) is 0 Å². The number of carboxylic acid groups (broad SMARTS) is 1. The predicted molar refractivity (Wildman–Crippen MR) is 158 cm³/mol. The molecule has 0 amide bonds. The molecule has 216 valence electrons. The smallest absolute Gasteiger partial charge is 0.307 e. The van der Waals surface area contributed by atoms with Gasteiger partial charge in [-0.05, 0) is 32.1 Å². The van der Waals surface area contributed by atoms with E-state index in [0.717, 1.165) is 19.3 Å². The number of aliphatic carboxylic acids is 1. The molecule has 4 heteroatoms. The second kappa shape index (κ2) is 29.0. The molecule has 1 unspecified atom stereocenters. The van der Waals surface area contributed by atoms with E-state index < -0.39 is 17.9 Å². The summed E-state index contributed by atoms with van der Waals surface area (Å²) in [5, 5.41) is 9.30. The number of allylic oxidation sites excluding steroid dienone is 2. The van der Waals surface area contributed by atoms with Crippen LogP contribution in [-0.4, -0.2) is 23.7 Å². The second-order valence-electron chi connectivity index (χ2n) is 10.8. The third kappa shape index (κ3) is 27.3. The van der Waals surface area contributed by atoms with Crippen molar-refractivity contribution in [2.45, 2.75) is 161 Å². The number of carbonyl (C=O) groups is 2. The van der Waals surface area contributed by atoms with Crippen molar-refractivity contribution in [3.8, 4) is 0 Å². The molecule has 1 N–H and O–H groups in total. The van der Waals surface area contributed by atoms with Crippen molar-refractivity contribution in [2.24, 2.45) is 5.92 Å². The zero-order valence-electron chi connectivity index (χ0n) is 24.4. The van der Waals surface area contributed by atoms with Crippen molar-refractivity contribution in [1.82, 2.24) is 0 Å². The van der Waals surface area contributed by atoms with Crippen LogP contribution in [0.3, 0.4) is 0 Å². The van der Waals surface area contributed by atoms with Crippen LogP contribution in [0.5, 0.6) is 0 Å². The van der Waals surface area contributed by atoms with Crippen LogP contribution in [0.4, 0.5) is 0 Å². The van der Waals surface area contributed by atoms with Crippen molar-refractivity contribution >= 4 is 11.9 Å². The summed E-state index contributed by atoms with van der Waals surface area (Å²) >= 11 is 0. The minimum absolute atomic E-state index is 0.0439. The van der Waals surface area contributed by atoms with Crippen LogP contribution in [0.25, 0.3) is 0 Å². The number of ether oxygens (including phenoxy) is 1. The first-order valence-corrected chi connectivity index (χ1v) is 15.8. The molecule has 0 rings (SSSR count). The summed E-state index contributed by atoms with van der Waals surface area (Å²) < 4.78 is 4.90. The Morgan fingerprint density at radius 2 is 1.08 bits per heavy atom. The first kappa shape index (κ1) is 35.4. The minimum Gasteiger partial charge on any atom is -0.481 e. The van der Waals surface area contributed by atoms with Gasteiger partial charge in [-0.3, -0.25) is 9.59 Å². The van der Waals surface area contributed by atoms with Crippen LogP contribution < -0.4 is 0 Å². The highest BCUT2D eigenvalue weighted by Crippen LogP contribution is 2.17. The summed E-state index contributed by atoms with van der Waals surface area (Å²) in [5.74, 6) is -1.99. The van der Waals surface area contributed by atoms with Crippen molar-refractivity contribution in [1.29, 1.82) is 0 Å². The molecule has 0 heterocycles. The van der Waals surface area contributed by atoms with Gasteiger partial charge in [0.25, 0.3) is 0 Å². The number of hydrogen-bond acceptors (Lipinski definition) is 3. The van der Waals surface area contributed by atoms with E-state index in [0.29, 0.717) is 6.42 Å². The van der Waals surface area contributed by atoms with E-state index in [1.807, 2.05) is 0 Å². The van der Waals surface area contributed by atoms with Gasteiger partial charge in [0, 0.05) is 0 Å². The van der Waals surface area contributed by atoms with Gasteiger partial charge < -0.3 is 9.84 Å². The number of hydrogen-bond donors (Lipinski definition) is 1. The maximum atomic E-state index is 11.6. The highest BCUT2D eigenvalue weighted by Gasteiger charge is 2.21. The van der Waals surface area contributed by atoms with Gasteiger partial charge in [0.1, 0.15) is 6.61 Å². The summed E-state index contributed by atoms with van der Waals surface area (Å²) in [6.07, 6.45) is 35.6. The number of unbranched alkanes of at least 4 members (excludes halogenated alkanes) is 20. The summed E-state index contributed by atoms with van der Waals surface area (Å²) in [7, 11) is 0. The Hall–Kier alpha value is -1.58. The largest absolute Gasteiger partial charge is 0.481 e. The van der Waals surface area contributed by atoms with E-state index in [4.69, 9.17) is 4.74 Å². The van der Waals surface area contributed by atoms with Gasteiger partial charge in [0.2, 0.25) is 0 Å². The van der Waals surface area contributed by atoms with Gasteiger partial charge in [0.05, 0.1) is 12.3 Å². The molecule has 0 radical (unpaired) electrons. The van der Waals surface area contributed by atoms with Crippen LogP contribution in [0.2, 0.25) is 0 Å². The lowest BCUT2D eigenvalue weighted by Gasteiger charge is -2.11. The van der Waals surface area contributed by atoms with E-state index in [2.05, 4.69) is 25.7 Å². The highest BCUT2D eigenvalue weighted by atomic mass is 16.5. The average molecular weight is 521 g/mol. The molecule has 37 heavy (non-hydrogen) atoms. The Bertz CT molecular complexity index is 555. The Morgan fingerprint density at radius 3 is 1.49 bits per heavy atom. The quantitative estimate of drug-likeness (QED) is 0.0605. The molecule has 0 aromatic carbocycles. The molecule has 0 bridgehead atoms. The van der Waals surface area contributed by atoms with Crippen molar-refractivity contribution in [3.63, 3.8) is 0 Å². The van der Waals surface area contributed by atoms with Crippen LogP contribution >= 0.6 is 0 Å². The predicted octanol–water partition coefficient (Wildman–Crippen LogP) is 10.4. The van der Waals surface area contributed by atoms with Crippen LogP contribution in [0.1, 0.15) is 161 Å². The zero-order chi connectivity index (χ0) is 27.2. The molecule has 0 spiro atoms. The molecular formula is C33H60O4. The zero-order valence-corrected chi connectivity index (χ0v) is 24.4. The number of carbonyl (C=O) groups excluding carboxylic acids is 1. The first-order chi connectivity index (χ1) is 18.1. The maximum absolute atomic E-state index is 11.6. The standard InChI is InChI=1S/C33H60O4/c1-3-5-6-7-8-9-10-11-12-13-14-15-16-17-18-19-20-21-22-23-24-25-26-27-28-31(33(35)36)30-32(34)37-29-4-2/h4,16-17,31H,2-3,5-15,18-30H2,1H3,(H,35,36)/b17-16+. The van der Waals surface area contributed by atoms with Gasteiger partial charge >= 0.3 is 11.9 Å². The molecule has 0 saturated heterocycles. The number of esters is 1. The lowest BCUT2D eigenvalue weighted by molar-refractivity contribution is -0.151. The number of carboxylic acids is 1.